The summed E-state index contributed by atoms with van der Waals surface area (Å²) in [6.07, 6.45) is 9.30. The minimum atomic E-state index is 0.332. The normalized spacial score (nSPS) is 25.6. The third-order valence-electron chi connectivity index (χ3n) is 3.55. The maximum atomic E-state index is 5.39. The van der Waals surface area contributed by atoms with Crippen molar-refractivity contribution in [2.45, 2.75) is 44.4 Å². The molecule has 1 aromatic heterocycles. The molecule has 0 unspecified atom stereocenters. The Hall–Kier alpha value is -1.16. The summed E-state index contributed by atoms with van der Waals surface area (Å²) in [6, 6.07) is 0. The van der Waals surface area contributed by atoms with Crippen LogP contribution in [-0.4, -0.2) is 23.4 Å². The molecule has 17 heavy (non-hydrogen) atoms. The monoisotopic (exact) mass is 234 g/mol. The molecule has 1 fully saturated rings. The molecular weight excluding hydrogens is 216 g/mol. The lowest BCUT2D eigenvalue weighted by Gasteiger charge is -1.99. The van der Waals surface area contributed by atoms with E-state index in [0.717, 1.165) is 44.2 Å². The average molecular weight is 234 g/mol. The van der Waals surface area contributed by atoms with Gasteiger partial charge in [-0.1, -0.05) is 17.7 Å². The molecule has 0 aromatic carbocycles. The fourth-order valence-corrected chi connectivity index (χ4v) is 2.48. The molecule has 0 radical (unpaired) electrons. The van der Waals surface area contributed by atoms with E-state index >= 15 is 0 Å². The first kappa shape index (κ1) is 11.0. The molecule has 4 heteroatoms. The van der Waals surface area contributed by atoms with Crippen molar-refractivity contribution < 1.29 is 9.26 Å². The van der Waals surface area contributed by atoms with Crippen LogP contribution >= 0.6 is 0 Å². The van der Waals surface area contributed by atoms with Gasteiger partial charge in [-0.05, 0) is 32.1 Å². The van der Waals surface area contributed by atoms with E-state index in [0.29, 0.717) is 5.92 Å². The van der Waals surface area contributed by atoms with E-state index in [1.807, 2.05) is 0 Å². The lowest BCUT2D eigenvalue weighted by Crippen LogP contribution is -1.99. The summed E-state index contributed by atoms with van der Waals surface area (Å²) < 4.78 is 10.7. The average Bonchev–Trinajstić information content (AvgIpc) is 2.95. The summed E-state index contributed by atoms with van der Waals surface area (Å²) in [7, 11) is 0. The largest absolute Gasteiger partial charge is 0.381 e. The van der Waals surface area contributed by atoms with Gasteiger partial charge in [-0.15, -0.1) is 0 Å². The molecule has 0 amide bonds. The number of rotatable bonds is 2. The highest BCUT2D eigenvalue weighted by Crippen LogP contribution is 2.27. The van der Waals surface area contributed by atoms with Crippen LogP contribution < -0.4 is 0 Å². The second kappa shape index (κ2) is 5.00. The Morgan fingerprint density at radius 1 is 1.24 bits per heavy atom. The number of allylic oxidation sites excluding steroid dienone is 2. The highest BCUT2D eigenvalue weighted by atomic mass is 16.5. The van der Waals surface area contributed by atoms with Crippen molar-refractivity contribution in [3.05, 3.63) is 17.8 Å². The van der Waals surface area contributed by atoms with Crippen LogP contribution in [0.3, 0.4) is 0 Å². The van der Waals surface area contributed by atoms with Crippen LogP contribution in [-0.2, 0) is 4.74 Å². The van der Waals surface area contributed by atoms with Crippen molar-refractivity contribution in [2.24, 2.45) is 0 Å². The molecule has 3 rings (SSSR count). The molecule has 2 aliphatic rings. The van der Waals surface area contributed by atoms with Crippen molar-refractivity contribution in [3.8, 4) is 0 Å². The first-order valence-corrected chi connectivity index (χ1v) is 6.54. The van der Waals surface area contributed by atoms with Gasteiger partial charge in [0.05, 0.1) is 6.61 Å². The molecule has 1 aliphatic heterocycles. The Balaban J connectivity index is 1.76. The fraction of sp³-hybridized carbons (Fsp3) is 0.692. The molecular formula is C13H18N2O2. The zero-order valence-corrected chi connectivity index (χ0v) is 10.0. The smallest absolute Gasteiger partial charge is 0.253 e. The van der Waals surface area contributed by atoms with E-state index in [1.54, 1.807) is 0 Å². The number of aromatic nitrogens is 2. The zero-order valence-electron chi connectivity index (χ0n) is 10.0. The van der Waals surface area contributed by atoms with Crippen LogP contribution in [0.5, 0.6) is 0 Å². The number of hydrogen-bond acceptors (Lipinski definition) is 4. The highest BCUT2D eigenvalue weighted by molar-refractivity contribution is 5.58. The minimum absolute atomic E-state index is 0.332. The Kier molecular flexibility index (Phi) is 3.22. The van der Waals surface area contributed by atoms with Gasteiger partial charge in [-0.2, -0.15) is 4.98 Å². The summed E-state index contributed by atoms with van der Waals surface area (Å²) in [5, 5.41) is 4.10. The van der Waals surface area contributed by atoms with Crippen molar-refractivity contribution in [2.75, 3.05) is 13.2 Å². The number of nitrogens with zero attached hydrogens (tertiary/aromatic N) is 2. The van der Waals surface area contributed by atoms with Crippen molar-refractivity contribution >= 4 is 5.57 Å². The van der Waals surface area contributed by atoms with Crippen molar-refractivity contribution in [3.63, 3.8) is 0 Å². The van der Waals surface area contributed by atoms with E-state index in [9.17, 15) is 0 Å². The van der Waals surface area contributed by atoms with Gasteiger partial charge in [0, 0.05) is 18.1 Å². The van der Waals surface area contributed by atoms with Crippen molar-refractivity contribution in [1.82, 2.24) is 10.1 Å². The van der Waals surface area contributed by atoms with Gasteiger partial charge < -0.3 is 9.26 Å². The van der Waals surface area contributed by atoms with Crippen molar-refractivity contribution in [1.29, 1.82) is 0 Å². The summed E-state index contributed by atoms with van der Waals surface area (Å²) in [4.78, 5) is 4.53. The van der Waals surface area contributed by atoms with Crippen LogP contribution in [0.4, 0.5) is 0 Å². The number of hydrogen-bond donors (Lipinski definition) is 0. The van der Waals surface area contributed by atoms with E-state index in [4.69, 9.17) is 9.26 Å². The van der Waals surface area contributed by atoms with E-state index in [2.05, 4.69) is 16.2 Å². The lowest BCUT2D eigenvalue weighted by atomic mass is 10.1. The fourth-order valence-electron chi connectivity index (χ4n) is 2.48. The van der Waals surface area contributed by atoms with Gasteiger partial charge in [0.1, 0.15) is 0 Å². The summed E-state index contributed by atoms with van der Waals surface area (Å²) in [5.41, 5.74) is 1.24. The maximum absolute atomic E-state index is 5.39. The standard InChI is InChI=1S/C13H18N2O2/c1-2-4-6-10(5-3-1)13-14-12(15-17-13)11-7-8-16-9-11/h5,11H,1-4,6-9H2/t11-/m0/s1. The van der Waals surface area contributed by atoms with Gasteiger partial charge in [0.15, 0.2) is 5.82 Å². The van der Waals surface area contributed by atoms with E-state index in [-0.39, 0.29) is 0 Å². The molecule has 1 aromatic rings. The Bertz CT molecular complexity index is 405. The van der Waals surface area contributed by atoms with Gasteiger partial charge in [-0.3, -0.25) is 0 Å². The Morgan fingerprint density at radius 2 is 2.24 bits per heavy atom. The molecule has 0 bridgehead atoms. The van der Waals surface area contributed by atoms with Crippen LogP contribution in [0, 0.1) is 0 Å². The van der Waals surface area contributed by atoms with Crippen LogP contribution in [0.25, 0.3) is 5.57 Å². The SMILES string of the molecule is C1=C(c2nc([C@H]3CCOC3)no2)CCCCC1. The zero-order chi connectivity index (χ0) is 11.5. The molecule has 0 saturated carbocycles. The molecule has 92 valence electrons. The van der Waals surface area contributed by atoms with Gasteiger partial charge in [-0.25, -0.2) is 0 Å². The summed E-state index contributed by atoms with van der Waals surface area (Å²) in [5.74, 6) is 1.88. The first-order valence-electron chi connectivity index (χ1n) is 6.54. The highest BCUT2D eigenvalue weighted by Gasteiger charge is 2.24. The first-order chi connectivity index (χ1) is 8.43. The Labute approximate surface area is 101 Å². The van der Waals surface area contributed by atoms with Gasteiger partial charge >= 0.3 is 0 Å². The maximum Gasteiger partial charge on any atom is 0.253 e. The third-order valence-corrected chi connectivity index (χ3v) is 3.55. The number of ether oxygens (including phenoxy) is 1. The molecule has 1 atom stereocenters. The predicted molar refractivity (Wildman–Crippen MR) is 63.5 cm³/mol. The van der Waals surface area contributed by atoms with Gasteiger partial charge in [0.2, 0.25) is 0 Å². The third kappa shape index (κ3) is 2.41. The predicted octanol–water partition coefficient (Wildman–Crippen LogP) is 2.92. The van der Waals surface area contributed by atoms with Crippen LogP contribution in [0.15, 0.2) is 10.6 Å². The quantitative estimate of drug-likeness (QED) is 0.789. The molecule has 2 heterocycles. The molecule has 1 saturated heterocycles. The molecule has 4 nitrogen and oxygen atoms in total. The second-order valence-corrected chi connectivity index (χ2v) is 4.85. The van der Waals surface area contributed by atoms with Gasteiger partial charge in [0.25, 0.3) is 5.89 Å². The second-order valence-electron chi connectivity index (χ2n) is 4.85. The van der Waals surface area contributed by atoms with E-state index in [1.165, 1.54) is 24.8 Å². The topological polar surface area (TPSA) is 48.2 Å². The molecule has 1 aliphatic carbocycles. The summed E-state index contributed by atoms with van der Waals surface area (Å²) >= 11 is 0. The Morgan fingerprint density at radius 3 is 3.12 bits per heavy atom. The molecule has 0 N–H and O–H groups in total. The minimum Gasteiger partial charge on any atom is -0.381 e. The molecule has 0 spiro atoms. The lowest BCUT2D eigenvalue weighted by molar-refractivity contribution is 0.192. The van der Waals surface area contributed by atoms with Crippen LogP contribution in [0.2, 0.25) is 0 Å². The summed E-state index contributed by atoms with van der Waals surface area (Å²) in [6.45, 7) is 1.55. The van der Waals surface area contributed by atoms with E-state index < -0.39 is 0 Å². The van der Waals surface area contributed by atoms with Crippen LogP contribution in [0.1, 0.15) is 56.2 Å².